The van der Waals surface area contributed by atoms with E-state index in [-0.39, 0.29) is 0 Å². The molecule has 2 aromatic heterocycles. The van der Waals surface area contributed by atoms with Gasteiger partial charge in [0.25, 0.3) is 5.89 Å². The van der Waals surface area contributed by atoms with E-state index in [1.54, 1.807) is 0 Å². The van der Waals surface area contributed by atoms with Crippen LogP contribution >= 0.6 is 11.3 Å². The van der Waals surface area contributed by atoms with Gasteiger partial charge in [-0.25, -0.2) is 19.5 Å². The lowest BCUT2D eigenvalue weighted by atomic mass is 9.89. The van der Waals surface area contributed by atoms with Gasteiger partial charge < -0.3 is 20.6 Å². The minimum Gasteiger partial charge on any atom is -0.475 e. The van der Waals surface area contributed by atoms with Gasteiger partial charge in [0, 0.05) is 5.56 Å². The molecule has 4 N–H and O–H groups in total. The summed E-state index contributed by atoms with van der Waals surface area (Å²) in [4.78, 5) is 28.9. The first-order valence-corrected chi connectivity index (χ1v) is 14.4. The molecule has 43 heavy (non-hydrogen) atoms. The number of carboxylic acid groups (broad SMARTS) is 1. The van der Waals surface area contributed by atoms with Crippen molar-refractivity contribution >= 4 is 34.2 Å². The molecule has 0 unspecified atom stereocenters. The minimum atomic E-state index is -5.08. The summed E-state index contributed by atoms with van der Waals surface area (Å²) in [7, 11) is 0. The highest BCUT2D eigenvalue weighted by atomic mass is 32.1. The number of halogens is 3. The number of thiazole rings is 1. The second kappa shape index (κ2) is 12.5. The molecule has 1 aliphatic heterocycles. The predicted molar refractivity (Wildman–Crippen MR) is 154 cm³/mol. The maximum absolute atomic E-state index is 12.8. The molecule has 1 saturated carbocycles. The number of carbonyl (C=O) groups excluding carboxylic acids is 1. The quantitative estimate of drug-likeness (QED) is 0.227. The van der Waals surface area contributed by atoms with Gasteiger partial charge in [-0.3, -0.25) is 0 Å². The number of nitrogens with one attached hydrogen (secondary N) is 1. The van der Waals surface area contributed by atoms with Gasteiger partial charge in [-0.2, -0.15) is 13.2 Å². The first kappa shape index (κ1) is 30.2. The fraction of sp³-hybridized carbons (Fsp3) is 0.345. The highest BCUT2D eigenvalue weighted by molar-refractivity contribution is 7.19. The number of anilines is 2. The van der Waals surface area contributed by atoms with E-state index in [4.69, 9.17) is 25.0 Å². The van der Waals surface area contributed by atoms with Gasteiger partial charge in [0.15, 0.2) is 5.13 Å². The van der Waals surface area contributed by atoms with Crippen LogP contribution in [-0.4, -0.2) is 51.6 Å². The third-order valence-electron chi connectivity index (χ3n) is 7.32. The van der Waals surface area contributed by atoms with Crippen LogP contribution in [0.2, 0.25) is 0 Å². The number of primary amides is 1. The summed E-state index contributed by atoms with van der Waals surface area (Å²) < 4.78 is 37.3. The molecule has 2 amide bonds. The molecule has 2 aromatic carbocycles. The second-order valence-electron chi connectivity index (χ2n) is 10.4. The average Bonchev–Trinajstić information content (AvgIpc) is 3.51. The Labute approximate surface area is 248 Å². The number of hydrogen-bond acceptors (Lipinski definition) is 8. The van der Waals surface area contributed by atoms with Crippen molar-refractivity contribution in [2.75, 3.05) is 18.0 Å². The number of hydrogen-bond donors (Lipinski definition) is 3. The monoisotopic (exact) mass is 614 g/mol. The number of aryl methyl sites for hydroxylation is 1. The molecule has 1 aliphatic carbocycles. The van der Waals surface area contributed by atoms with E-state index in [1.165, 1.54) is 46.6 Å². The predicted octanol–water partition coefficient (Wildman–Crippen LogP) is 6.36. The summed E-state index contributed by atoms with van der Waals surface area (Å²) in [6.07, 6.45) is 0.784. The van der Waals surface area contributed by atoms with Gasteiger partial charge in [0.1, 0.15) is 4.88 Å². The topological polar surface area (TPSA) is 147 Å². The van der Waals surface area contributed by atoms with Crippen molar-refractivity contribution < 1.29 is 32.3 Å². The smallest absolute Gasteiger partial charge is 0.475 e. The molecule has 2 fully saturated rings. The summed E-state index contributed by atoms with van der Waals surface area (Å²) in [5.74, 6) is -1.33. The van der Waals surface area contributed by atoms with E-state index in [0.717, 1.165) is 42.7 Å². The van der Waals surface area contributed by atoms with Crippen LogP contribution in [0.5, 0.6) is 0 Å². The largest absolute Gasteiger partial charge is 0.490 e. The van der Waals surface area contributed by atoms with E-state index in [9.17, 15) is 18.0 Å². The molecular formula is C29H29F3N6O4S. The van der Waals surface area contributed by atoms with Gasteiger partial charge in [0.05, 0.1) is 11.4 Å². The van der Waals surface area contributed by atoms with Gasteiger partial charge in [-0.1, -0.05) is 41.7 Å². The first-order valence-electron chi connectivity index (χ1n) is 13.6. The van der Waals surface area contributed by atoms with E-state index in [0.29, 0.717) is 33.4 Å². The Balaban J connectivity index is 0.000000472. The Morgan fingerprint density at radius 2 is 1.74 bits per heavy atom. The lowest BCUT2D eigenvalue weighted by Gasteiger charge is -2.23. The van der Waals surface area contributed by atoms with Crippen LogP contribution in [0.25, 0.3) is 22.0 Å². The van der Waals surface area contributed by atoms with Crippen molar-refractivity contribution in [1.29, 1.82) is 0 Å². The van der Waals surface area contributed by atoms with Crippen LogP contribution in [0, 0.1) is 6.92 Å². The summed E-state index contributed by atoms with van der Waals surface area (Å²) in [6, 6.07) is 14.2. The molecule has 14 heteroatoms. The van der Waals surface area contributed by atoms with Crippen molar-refractivity contribution in [1.82, 2.24) is 20.5 Å². The number of aliphatic carboxylic acids is 1. The minimum absolute atomic E-state index is 0.369. The summed E-state index contributed by atoms with van der Waals surface area (Å²) >= 11 is 1.33. The second-order valence-corrected chi connectivity index (χ2v) is 11.3. The number of carbonyl (C=O) groups is 2. The number of nitrogens with zero attached hydrogens (tertiary/aromatic N) is 4. The van der Waals surface area contributed by atoms with Crippen LogP contribution in [0.4, 0.5) is 28.8 Å². The number of benzene rings is 2. The van der Waals surface area contributed by atoms with Crippen molar-refractivity contribution in [3.05, 3.63) is 65.5 Å². The molecule has 6 rings (SSSR count). The van der Waals surface area contributed by atoms with Crippen molar-refractivity contribution in [2.45, 2.75) is 50.6 Å². The van der Waals surface area contributed by atoms with Crippen LogP contribution < -0.4 is 16.0 Å². The standard InChI is InChI=1S/C27H28N6O2S.C2HF3O2/c1-16-5-6-20(17-7-8-17)14-22(16)33(26(28)34)27-31-23(24(36-27)25-32-30-15-35-25)21-4-2-3-19(13-21)18-9-11-29-12-10-18;3-2(4,5)1(6)7/h2-6,13-15,17-18,29H,7-12H2,1H3,(H2,28,34);(H,6,7). The van der Waals surface area contributed by atoms with E-state index in [1.807, 2.05) is 13.0 Å². The highest BCUT2D eigenvalue weighted by Crippen LogP contribution is 2.45. The Bertz CT molecular complexity index is 1600. The number of rotatable bonds is 6. The molecule has 2 aliphatic rings. The fourth-order valence-electron chi connectivity index (χ4n) is 4.97. The summed E-state index contributed by atoms with van der Waals surface area (Å²) in [5, 5.41) is 19.1. The number of nitrogens with two attached hydrogens (primary N) is 1. The van der Waals surface area contributed by atoms with Crippen LogP contribution in [0.15, 0.2) is 53.3 Å². The normalized spacial score (nSPS) is 15.4. The zero-order valence-electron chi connectivity index (χ0n) is 23.1. The van der Waals surface area contributed by atoms with E-state index >= 15 is 0 Å². The number of amides is 2. The van der Waals surface area contributed by atoms with Crippen molar-refractivity contribution in [3.8, 4) is 22.0 Å². The fourth-order valence-corrected chi connectivity index (χ4v) is 6.00. The number of piperidine rings is 1. The molecule has 1 saturated heterocycles. The van der Waals surface area contributed by atoms with Gasteiger partial charge >= 0.3 is 18.2 Å². The zero-order valence-corrected chi connectivity index (χ0v) is 23.9. The highest BCUT2D eigenvalue weighted by Gasteiger charge is 2.38. The van der Waals surface area contributed by atoms with Gasteiger partial charge in [-0.15, -0.1) is 10.2 Å². The molecule has 0 radical (unpaired) electrons. The maximum atomic E-state index is 12.8. The Morgan fingerprint density at radius 3 is 2.35 bits per heavy atom. The molecule has 10 nitrogen and oxygen atoms in total. The number of carboxylic acids is 1. The summed E-state index contributed by atoms with van der Waals surface area (Å²) in [5.41, 5.74) is 11.8. The summed E-state index contributed by atoms with van der Waals surface area (Å²) in [6.45, 7) is 4.03. The van der Waals surface area contributed by atoms with Gasteiger partial charge in [0.2, 0.25) is 6.39 Å². The molecular weight excluding hydrogens is 585 g/mol. The Morgan fingerprint density at radius 1 is 1.07 bits per heavy atom. The van der Waals surface area contributed by atoms with E-state index < -0.39 is 18.2 Å². The number of aromatic nitrogens is 3. The molecule has 4 aromatic rings. The van der Waals surface area contributed by atoms with Crippen molar-refractivity contribution in [3.63, 3.8) is 0 Å². The average molecular weight is 615 g/mol. The Kier molecular flexibility index (Phi) is 8.78. The van der Waals surface area contributed by atoms with Gasteiger partial charge in [-0.05, 0) is 86.4 Å². The van der Waals surface area contributed by atoms with E-state index in [2.05, 4.69) is 51.9 Å². The number of alkyl halides is 3. The molecule has 0 spiro atoms. The first-order chi connectivity index (χ1) is 20.5. The SMILES string of the molecule is Cc1ccc(C2CC2)cc1N(C(N)=O)c1nc(-c2cccc(C3CCNCC3)c2)c(-c2nnco2)s1.O=C(O)C(F)(F)F. The Hall–Kier alpha value is -4.30. The molecule has 3 heterocycles. The maximum Gasteiger partial charge on any atom is 0.490 e. The third kappa shape index (κ3) is 7.03. The molecule has 226 valence electrons. The zero-order chi connectivity index (χ0) is 30.7. The molecule has 0 atom stereocenters. The molecule has 0 bridgehead atoms. The lowest BCUT2D eigenvalue weighted by molar-refractivity contribution is -0.192. The van der Waals surface area contributed by atoms with Crippen molar-refractivity contribution in [2.24, 2.45) is 5.73 Å². The van der Waals surface area contributed by atoms with Crippen LogP contribution in [0.3, 0.4) is 0 Å². The third-order valence-corrected chi connectivity index (χ3v) is 8.35. The number of urea groups is 1. The lowest BCUT2D eigenvalue weighted by Crippen LogP contribution is -2.32. The van der Waals surface area contributed by atoms with Crippen LogP contribution in [0.1, 0.15) is 54.2 Å². The van der Waals surface area contributed by atoms with Crippen LogP contribution in [-0.2, 0) is 4.79 Å².